The van der Waals surface area contributed by atoms with E-state index in [1.807, 2.05) is 6.07 Å². The number of benzene rings is 1. The number of rotatable bonds is 2. The van der Waals surface area contributed by atoms with Gasteiger partial charge in [-0.2, -0.15) is 10.3 Å². The maximum atomic E-state index is 11.7. The Bertz CT molecular complexity index is 829. The second-order valence-corrected chi connectivity index (χ2v) is 5.27. The molecule has 1 aliphatic heterocycles. The molecule has 0 fully saturated rings. The number of amides is 1. The lowest BCUT2D eigenvalue weighted by molar-refractivity contribution is -0.125. The molecule has 1 unspecified atom stereocenters. The standard InChI is InChI=1S/C16H14N4O3/c1-9-2-3-10(8-17)15(19-9)23-12-4-5-14-11(6-12)7-13(18)16(21)20(14)22/h2-6,13,22H,7,18H2,1H3. The van der Waals surface area contributed by atoms with Gasteiger partial charge >= 0.3 is 0 Å². The Kier molecular flexibility index (Phi) is 3.70. The van der Waals surface area contributed by atoms with E-state index in [1.54, 1.807) is 37.3 Å². The van der Waals surface area contributed by atoms with Crippen LogP contribution in [0.5, 0.6) is 11.6 Å². The third kappa shape index (κ3) is 2.73. The van der Waals surface area contributed by atoms with Crippen LogP contribution in [-0.4, -0.2) is 22.1 Å². The van der Waals surface area contributed by atoms with Gasteiger partial charge in [0.2, 0.25) is 5.88 Å². The number of nitrogens with zero attached hydrogens (tertiary/aromatic N) is 3. The van der Waals surface area contributed by atoms with E-state index in [0.29, 0.717) is 34.0 Å². The van der Waals surface area contributed by atoms with Crippen LogP contribution in [0.25, 0.3) is 0 Å². The first-order valence-electron chi connectivity index (χ1n) is 6.96. The van der Waals surface area contributed by atoms with Crippen molar-refractivity contribution in [3.63, 3.8) is 0 Å². The van der Waals surface area contributed by atoms with E-state index < -0.39 is 11.9 Å². The number of fused-ring (bicyclic) bond motifs is 1. The minimum absolute atomic E-state index is 0.212. The molecule has 7 heteroatoms. The van der Waals surface area contributed by atoms with Crippen molar-refractivity contribution in [2.45, 2.75) is 19.4 Å². The van der Waals surface area contributed by atoms with Gasteiger partial charge in [-0.05, 0) is 49.2 Å². The number of aryl methyl sites for hydroxylation is 1. The maximum absolute atomic E-state index is 11.7. The summed E-state index contributed by atoms with van der Waals surface area (Å²) in [6.07, 6.45) is 0.300. The van der Waals surface area contributed by atoms with Crippen molar-refractivity contribution < 1.29 is 14.7 Å². The highest BCUT2D eigenvalue weighted by Crippen LogP contribution is 2.32. The number of ether oxygens (including phenoxy) is 1. The minimum atomic E-state index is -0.797. The van der Waals surface area contributed by atoms with E-state index in [1.165, 1.54) is 0 Å². The fourth-order valence-electron chi connectivity index (χ4n) is 2.40. The molecule has 0 saturated carbocycles. The molecule has 116 valence electrons. The molecule has 0 aliphatic carbocycles. The molecule has 0 radical (unpaired) electrons. The van der Waals surface area contributed by atoms with Gasteiger partial charge in [0.05, 0.1) is 11.7 Å². The summed E-state index contributed by atoms with van der Waals surface area (Å²) in [5.41, 5.74) is 7.82. The molecule has 2 aromatic rings. The lowest BCUT2D eigenvalue weighted by Crippen LogP contribution is -2.47. The second kappa shape index (κ2) is 5.68. The highest BCUT2D eigenvalue weighted by atomic mass is 16.5. The lowest BCUT2D eigenvalue weighted by atomic mass is 9.99. The number of nitrogens with two attached hydrogens (primary N) is 1. The summed E-state index contributed by atoms with van der Waals surface area (Å²) in [6.45, 7) is 1.80. The topological polar surface area (TPSA) is 112 Å². The van der Waals surface area contributed by atoms with Gasteiger partial charge in [-0.1, -0.05) is 0 Å². The summed E-state index contributed by atoms with van der Waals surface area (Å²) in [5.74, 6) is 0.121. The van der Waals surface area contributed by atoms with Crippen LogP contribution in [0.1, 0.15) is 16.8 Å². The van der Waals surface area contributed by atoms with Crippen LogP contribution in [0.4, 0.5) is 5.69 Å². The van der Waals surface area contributed by atoms with Crippen molar-refractivity contribution in [2.75, 3.05) is 5.06 Å². The summed E-state index contributed by atoms with van der Waals surface area (Å²) in [6, 6.07) is 9.43. The summed E-state index contributed by atoms with van der Waals surface area (Å²) in [4.78, 5) is 15.9. The van der Waals surface area contributed by atoms with Crippen molar-refractivity contribution in [2.24, 2.45) is 5.73 Å². The van der Waals surface area contributed by atoms with Crippen molar-refractivity contribution in [3.8, 4) is 17.7 Å². The minimum Gasteiger partial charge on any atom is -0.438 e. The Morgan fingerprint density at radius 3 is 2.96 bits per heavy atom. The summed E-state index contributed by atoms with van der Waals surface area (Å²) in [5, 5.41) is 19.5. The van der Waals surface area contributed by atoms with Gasteiger partial charge < -0.3 is 10.5 Å². The molecule has 0 spiro atoms. The summed E-state index contributed by atoms with van der Waals surface area (Å²) in [7, 11) is 0. The first kappa shape index (κ1) is 15.0. The van der Waals surface area contributed by atoms with E-state index >= 15 is 0 Å². The number of carbonyl (C=O) groups is 1. The maximum Gasteiger partial charge on any atom is 0.267 e. The van der Waals surface area contributed by atoms with Crippen LogP contribution >= 0.6 is 0 Å². The number of hydroxylamine groups is 1. The number of pyridine rings is 1. The Morgan fingerprint density at radius 1 is 1.43 bits per heavy atom. The molecule has 1 aliphatic rings. The predicted molar refractivity (Wildman–Crippen MR) is 81.2 cm³/mol. The third-order valence-corrected chi connectivity index (χ3v) is 3.58. The summed E-state index contributed by atoms with van der Waals surface area (Å²) < 4.78 is 5.69. The SMILES string of the molecule is Cc1ccc(C#N)c(Oc2ccc3c(c2)CC(N)C(=O)N3O)n1. The zero-order chi connectivity index (χ0) is 16.6. The van der Waals surface area contributed by atoms with Crippen LogP contribution in [0.15, 0.2) is 30.3 Å². The number of nitriles is 1. The molecule has 23 heavy (non-hydrogen) atoms. The molecule has 1 atom stereocenters. The fraction of sp³-hybridized carbons (Fsp3) is 0.188. The molecule has 2 heterocycles. The molecule has 3 N–H and O–H groups in total. The van der Waals surface area contributed by atoms with Crippen LogP contribution in [0.2, 0.25) is 0 Å². The lowest BCUT2D eigenvalue weighted by Gasteiger charge is -2.27. The Labute approximate surface area is 132 Å². The Balaban J connectivity index is 1.95. The largest absolute Gasteiger partial charge is 0.438 e. The van der Waals surface area contributed by atoms with E-state index in [4.69, 9.17) is 15.7 Å². The third-order valence-electron chi connectivity index (χ3n) is 3.58. The molecule has 1 aromatic heterocycles. The molecule has 1 aromatic carbocycles. The Morgan fingerprint density at radius 2 is 2.22 bits per heavy atom. The molecule has 3 rings (SSSR count). The molecular formula is C16H14N4O3. The van der Waals surface area contributed by atoms with E-state index in [9.17, 15) is 10.0 Å². The highest BCUT2D eigenvalue weighted by molar-refractivity contribution is 5.98. The van der Waals surface area contributed by atoms with Crippen LogP contribution in [0, 0.1) is 18.3 Å². The van der Waals surface area contributed by atoms with E-state index in [2.05, 4.69) is 4.98 Å². The van der Waals surface area contributed by atoms with E-state index in [-0.39, 0.29) is 5.88 Å². The van der Waals surface area contributed by atoms with Crippen molar-refractivity contribution in [1.29, 1.82) is 5.26 Å². The van der Waals surface area contributed by atoms with Crippen LogP contribution in [-0.2, 0) is 11.2 Å². The quantitative estimate of drug-likeness (QED) is 0.816. The molecule has 0 saturated heterocycles. The normalized spacial score (nSPS) is 16.7. The van der Waals surface area contributed by atoms with Crippen molar-refractivity contribution in [1.82, 2.24) is 4.98 Å². The molecule has 1 amide bonds. The van der Waals surface area contributed by atoms with Gasteiger partial charge in [0.1, 0.15) is 17.4 Å². The zero-order valence-electron chi connectivity index (χ0n) is 12.4. The second-order valence-electron chi connectivity index (χ2n) is 5.27. The average Bonchev–Trinajstić information content (AvgIpc) is 2.53. The van der Waals surface area contributed by atoms with Crippen LogP contribution < -0.4 is 15.5 Å². The predicted octanol–water partition coefficient (Wildman–Crippen LogP) is 1.66. The smallest absolute Gasteiger partial charge is 0.267 e. The number of hydrogen-bond donors (Lipinski definition) is 2. The zero-order valence-corrected chi connectivity index (χ0v) is 12.4. The van der Waals surface area contributed by atoms with Gasteiger partial charge in [-0.3, -0.25) is 10.0 Å². The van der Waals surface area contributed by atoms with Gasteiger partial charge in [0, 0.05) is 5.69 Å². The first-order chi connectivity index (χ1) is 11.0. The summed E-state index contributed by atoms with van der Waals surface area (Å²) >= 11 is 0. The molecule has 7 nitrogen and oxygen atoms in total. The highest BCUT2D eigenvalue weighted by Gasteiger charge is 2.30. The Hall–Kier alpha value is -2.95. The van der Waals surface area contributed by atoms with Gasteiger partial charge in [-0.25, -0.2) is 4.98 Å². The first-order valence-corrected chi connectivity index (χ1v) is 6.96. The van der Waals surface area contributed by atoms with Gasteiger partial charge in [0.25, 0.3) is 5.91 Å². The molecular weight excluding hydrogens is 296 g/mol. The monoisotopic (exact) mass is 310 g/mol. The van der Waals surface area contributed by atoms with Crippen LogP contribution in [0.3, 0.4) is 0 Å². The number of aromatic nitrogens is 1. The van der Waals surface area contributed by atoms with Gasteiger partial charge in [-0.15, -0.1) is 0 Å². The van der Waals surface area contributed by atoms with Gasteiger partial charge in [0.15, 0.2) is 0 Å². The molecule has 0 bridgehead atoms. The average molecular weight is 310 g/mol. The van der Waals surface area contributed by atoms with Crippen molar-refractivity contribution in [3.05, 3.63) is 47.2 Å². The fourth-order valence-corrected chi connectivity index (χ4v) is 2.40. The number of hydrogen-bond acceptors (Lipinski definition) is 6. The number of anilines is 1. The van der Waals surface area contributed by atoms with Crippen molar-refractivity contribution >= 4 is 11.6 Å². The van der Waals surface area contributed by atoms with E-state index in [0.717, 1.165) is 5.69 Å². The number of carbonyl (C=O) groups excluding carboxylic acids is 1.